The van der Waals surface area contributed by atoms with E-state index < -0.39 is 0 Å². The Labute approximate surface area is 518 Å². The van der Waals surface area contributed by atoms with Gasteiger partial charge in [-0.15, -0.1) is 0 Å². The third kappa shape index (κ3) is 14.1. The molecule has 12 aromatic rings. The molecule has 0 amide bonds. The number of fused-ring (bicyclic) bond motifs is 3. The zero-order valence-corrected chi connectivity index (χ0v) is 51.4. The van der Waals surface area contributed by atoms with E-state index in [1.165, 1.54) is 0 Å². The molecule has 6 aromatic carbocycles. The Bertz CT molecular complexity index is 4280. The monoisotopic (exact) mass is 1280 g/mol. The lowest BCUT2D eigenvalue weighted by molar-refractivity contribution is 0.00578. The molecule has 0 saturated carbocycles. The molecule has 1 N–H and O–H groups in total. The first-order valence-electron chi connectivity index (χ1n) is 27.0. The van der Waals surface area contributed by atoms with E-state index in [1.807, 2.05) is 102 Å². The van der Waals surface area contributed by atoms with E-state index in [4.69, 9.17) is 44.1 Å². The highest BCUT2D eigenvalue weighted by Crippen LogP contribution is 2.37. The molecule has 6 aromatic heterocycles. The predicted octanol–water partition coefficient (Wildman–Crippen LogP) is 17.3. The van der Waals surface area contributed by atoms with Gasteiger partial charge in [0, 0.05) is 82.1 Å². The molecule has 11 nitrogen and oxygen atoms in total. The number of pyridine rings is 3. The van der Waals surface area contributed by atoms with Gasteiger partial charge < -0.3 is 9.31 Å². The molecular weight excluding hydrogens is 1220 g/mol. The van der Waals surface area contributed by atoms with Crippen molar-refractivity contribution in [2.24, 2.45) is 14.1 Å². The Morgan fingerprint density at radius 1 is 0.476 bits per heavy atom. The molecule has 1 saturated heterocycles. The summed E-state index contributed by atoms with van der Waals surface area (Å²) in [6, 6.07) is 54.7. The van der Waals surface area contributed by atoms with Gasteiger partial charge in [0.2, 0.25) is 0 Å². The minimum atomic E-state index is -0.370. The van der Waals surface area contributed by atoms with E-state index in [-0.39, 0.29) is 18.3 Å². The second kappa shape index (κ2) is 26.7. The molecule has 7 heterocycles. The highest BCUT2D eigenvalue weighted by Gasteiger charge is 2.51. The summed E-state index contributed by atoms with van der Waals surface area (Å²) in [4.78, 5) is 12.2. The molecule has 0 unspecified atom stereocenters. The van der Waals surface area contributed by atoms with Crippen LogP contribution in [0.15, 0.2) is 201 Å². The van der Waals surface area contributed by atoms with Crippen molar-refractivity contribution in [3.8, 4) is 22.3 Å². The standard InChI is InChI=1S/C22H25BN2O2.C21H16ClN3.C20H14ClN3.C5H3ClIN/c1-21(2)22(3,4)27-23(26-21)17-12-14-20-18(15-17)19(24-25(20)5)13-11-16-9-7-6-8-10-16;1-25-21-10-8-16(18-14-23-12-11-19(18)22)13-17(21)20(24-25)9-7-15-5-3-2-4-6-15;21-18-10-11-22-13-17(18)15-7-9-20-16(12-15)19(23-24-20)8-6-14-4-2-1-3-5-14;6-4-1-2-8-3-5(4)7/h6-15H,1-5H3;2-14H,1H3;1-13H,(H,23,24);1-3H/b13-11+;9-7+;8-6+;. The van der Waals surface area contributed by atoms with Crippen LogP contribution in [-0.2, 0) is 23.4 Å². The topological polar surface area (TPSA) is 121 Å². The summed E-state index contributed by atoms with van der Waals surface area (Å²) in [7, 11) is 3.56. The van der Waals surface area contributed by atoms with Gasteiger partial charge in [-0.3, -0.25) is 29.4 Å². The van der Waals surface area contributed by atoms with Crippen molar-refractivity contribution in [1.82, 2.24) is 44.7 Å². The Morgan fingerprint density at radius 3 is 1.37 bits per heavy atom. The van der Waals surface area contributed by atoms with E-state index in [2.05, 4.69) is 189 Å². The van der Waals surface area contributed by atoms with Crippen LogP contribution in [0.1, 0.15) is 61.5 Å². The fourth-order valence-electron chi connectivity index (χ4n) is 9.23. The Balaban J connectivity index is 0.000000132. The zero-order chi connectivity index (χ0) is 58.8. The maximum absolute atomic E-state index is 6.32. The zero-order valence-electron chi connectivity index (χ0n) is 47.0. The van der Waals surface area contributed by atoms with Crippen molar-refractivity contribution in [3.63, 3.8) is 0 Å². The predicted molar refractivity (Wildman–Crippen MR) is 358 cm³/mol. The number of nitrogens with one attached hydrogen (secondary N) is 1. The molecule has 418 valence electrons. The number of rotatable bonds is 9. The van der Waals surface area contributed by atoms with Crippen molar-refractivity contribution in [2.75, 3.05) is 0 Å². The van der Waals surface area contributed by atoms with Gasteiger partial charge in [-0.25, -0.2) is 0 Å². The molecule has 0 spiro atoms. The van der Waals surface area contributed by atoms with Gasteiger partial charge in [0.1, 0.15) is 0 Å². The van der Waals surface area contributed by atoms with E-state index in [0.29, 0.717) is 10.0 Å². The lowest BCUT2D eigenvalue weighted by Gasteiger charge is -2.32. The minimum Gasteiger partial charge on any atom is -0.399 e. The van der Waals surface area contributed by atoms with E-state index in [0.717, 1.165) is 103 Å². The van der Waals surface area contributed by atoms with Crippen LogP contribution in [0.3, 0.4) is 0 Å². The molecule has 84 heavy (non-hydrogen) atoms. The lowest BCUT2D eigenvalue weighted by Crippen LogP contribution is -2.41. The average molecular weight is 1280 g/mol. The molecule has 16 heteroatoms. The van der Waals surface area contributed by atoms with Crippen LogP contribution in [0.5, 0.6) is 0 Å². The van der Waals surface area contributed by atoms with Gasteiger partial charge in [-0.2, -0.15) is 15.3 Å². The first-order chi connectivity index (χ1) is 40.6. The normalized spacial score (nSPS) is 13.5. The first kappa shape index (κ1) is 59.2. The third-order valence-electron chi connectivity index (χ3n) is 14.5. The fraction of sp³-hybridized carbons (Fsp3) is 0.118. The fourth-order valence-corrected chi connectivity index (χ4v) is 10.1. The van der Waals surface area contributed by atoms with Crippen LogP contribution < -0.4 is 5.46 Å². The lowest BCUT2D eigenvalue weighted by atomic mass is 9.78. The van der Waals surface area contributed by atoms with Crippen LogP contribution in [0.2, 0.25) is 15.1 Å². The second-order valence-corrected chi connectivity index (χ2v) is 23.1. The van der Waals surface area contributed by atoms with Gasteiger partial charge in [-0.1, -0.05) is 168 Å². The quantitative estimate of drug-likeness (QED) is 0.112. The Morgan fingerprint density at radius 2 is 0.905 bits per heavy atom. The maximum Gasteiger partial charge on any atom is 0.494 e. The molecule has 0 aliphatic carbocycles. The number of nitrogens with zero attached hydrogens (tertiary/aromatic N) is 8. The number of halogens is 4. The smallest absolute Gasteiger partial charge is 0.399 e. The summed E-state index contributed by atoms with van der Waals surface area (Å²) in [5, 5.41) is 22.2. The van der Waals surface area contributed by atoms with Crippen LogP contribution in [0, 0.1) is 3.57 Å². The number of aromatic amines is 1. The number of aryl methyl sites for hydroxylation is 2. The summed E-state index contributed by atoms with van der Waals surface area (Å²) in [5.41, 5.74) is 13.6. The molecule has 0 radical (unpaired) electrons. The molecular formula is C68H58BCl3IN9O2. The highest BCUT2D eigenvalue weighted by atomic mass is 127. The summed E-state index contributed by atoms with van der Waals surface area (Å²) < 4.78 is 17.2. The first-order valence-corrected chi connectivity index (χ1v) is 29.2. The van der Waals surface area contributed by atoms with Crippen LogP contribution in [0.25, 0.3) is 91.4 Å². The second-order valence-electron chi connectivity index (χ2n) is 20.7. The summed E-state index contributed by atoms with van der Waals surface area (Å²) in [5.74, 6) is 0. The van der Waals surface area contributed by atoms with E-state index in [9.17, 15) is 0 Å². The number of hydrogen-bond donors (Lipinski definition) is 1. The van der Waals surface area contributed by atoms with Crippen LogP contribution in [-0.4, -0.2) is 63.0 Å². The largest absolute Gasteiger partial charge is 0.494 e. The molecule has 1 fully saturated rings. The van der Waals surface area contributed by atoms with Gasteiger partial charge in [0.25, 0.3) is 0 Å². The summed E-state index contributed by atoms with van der Waals surface area (Å²) >= 11 is 20.4. The SMILES string of the molecule is Clc1ccncc1-c1ccc2[nH]nc(/C=C/c3ccccc3)c2c1.Clc1ccncc1I.Cn1nc(/C=C/c2ccccc2)c2cc(-c3cnccc3Cl)ccc21.Cn1nc(/C=C/c2ccccc2)c2cc(B3OC(C)(C)C(C)(C)O3)ccc21. The maximum atomic E-state index is 6.32. The molecule has 0 atom stereocenters. The molecule has 1 aliphatic rings. The van der Waals surface area contributed by atoms with Crippen molar-refractivity contribution >= 4 is 139 Å². The minimum absolute atomic E-state index is 0.350. The molecule has 13 rings (SSSR count). The van der Waals surface area contributed by atoms with Crippen molar-refractivity contribution in [2.45, 2.75) is 38.9 Å². The highest BCUT2D eigenvalue weighted by molar-refractivity contribution is 14.1. The number of benzene rings is 6. The van der Waals surface area contributed by atoms with Gasteiger partial charge in [-0.05, 0) is 150 Å². The molecule has 0 bridgehead atoms. The Hall–Kier alpha value is -8.02. The number of hydrogen-bond acceptors (Lipinski definition) is 8. The molecule has 1 aliphatic heterocycles. The summed E-state index contributed by atoms with van der Waals surface area (Å²) in [6.45, 7) is 8.29. The van der Waals surface area contributed by atoms with Crippen LogP contribution >= 0.6 is 57.4 Å². The average Bonchev–Trinajstić information content (AvgIpc) is 2.48. The van der Waals surface area contributed by atoms with Crippen molar-refractivity contribution in [3.05, 3.63) is 253 Å². The third-order valence-corrected chi connectivity index (χ3v) is 16.6. The van der Waals surface area contributed by atoms with Crippen molar-refractivity contribution < 1.29 is 9.31 Å². The summed E-state index contributed by atoms with van der Waals surface area (Å²) in [6.07, 6.45) is 22.7. The van der Waals surface area contributed by atoms with E-state index in [1.54, 1.807) is 55.4 Å². The van der Waals surface area contributed by atoms with Crippen molar-refractivity contribution in [1.29, 1.82) is 0 Å². The van der Waals surface area contributed by atoms with Gasteiger partial charge in [0.15, 0.2) is 0 Å². The van der Waals surface area contributed by atoms with Crippen LogP contribution in [0.4, 0.5) is 0 Å². The van der Waals surface area contributed by atoms with Gasteiger partial charge in [0.05, 0.1) is 59.9 Å². The number of H-pyrrole nitrogens is 1. The van der Waals surface area contributed by atoms with E-state index >= 15 is 0 Å². The Kier molecular flexibility index (Phi) is 18.8. The number of aromatic nitrogens is 9. The van der Waals surface area contributed by atoms with Gasteiger partial charge >= 0.3 is 7.12 Å².